The van der Waals surface area contributed by atoms with Gasteiger partial charge in [0.15, 0.2) is 5.78 Å². The molecular weight excluding hydrogens is 386 g/mol. The molecular formula is C24H20ClNO3. The molecule has 146 valence electrons. The monoisotopic (exact) mass is 405 g/mol. The minimum absolute atomic E-state index is 0.0137. The van der Waals surface area contributed by atoms with Crippen LogP contribution < -0.4 is 10.1 Å². The lowest BCUT2D eigenvalue weighted by molar-refractivity contribution is -0.112. The Hall–Kier alpha value is -3.37. The summed E-state index contributed by atoms with van der Waals surface area (Å²) in [5, 5.41) is 3.35. The lowest BCUT2D eigenvalue weighted by Gasteiger charge is -2.10. The quantitative estimate of drug-likeness (QED) is 0.507. The molecule has 0 aliphatic heterocycles. The summed E-state index contributed by atoms with van der Waals surface area (Å²) in [5.74, 6) is 0.424. The Kier molecular flexibility index (Phi) is 6.82. The van der Waals surface area contributed by atoms with Gasteiger partial charge in [0, 0.05) is 22.3 Å². The highest BCUT2D eigenvalue weighted by Gasteiger charge is 2.07. The van der Waals surface area contributed by atoms with Gasteiger partial charge in [0.1, 0.15) is 12.4 Å². The van der Waals surface area contributed by atoms with Gasteiger partial charge in [-0.05, 0) is 54.5 Å². The molecule has 0 fully saturated rings. The Morgan fingerprint density at radius 3 is 2.48 bits per heavy atom. The van der Waals surface area contributed by atoms with Gasteiger partial charge >= 0.3 is 0 Å². The molecule has 0 bridgehead atoms. The molecule has 0 aliphatic rings. The number of ketones is 1. The maximum atomic E-state index is 12.3. The van der Waals surface area contributed by atoms with Gasteiger partial charge in [-0.15, -0.1) is 0 Å². The van der Waals surface area contributed by atoms with Crippen LogP contribution in [-0.4, -0.2) is 11.7 Å². The number of benzene rings is 3. The van der Waals surface area contributed by atoms with E-state index in [1.807, 2.05) is 36.4 Å². The average molecular weight is 406 g/mol. The molecule has 0 unspecified atom stereocenters. The van der Waals surface area contributed by atoms with Crippen LogP contribution in [0.4, 0.5) is 5.69 Å². The van der Waals surface area contributed by atoms with Crippen molar-refractivity contribution < 1.29 is 14.3 Å². The Balaban J connectivity index is 1.60. The van der Waals surface area contributed by atoms with Crippen molar-refractivity contribution in [2.24, 2.45) is 0 Å². The van der Waals surface area contributed by atoms with E-state index >= 15 is 0 Å². The van der Waals surface area contributed by atoms with Gasteiger partial charge in [-0.3, -0.25) is 9.59 Å². The van der Waals surface area contributed by atoms with Crippen LogP contribution in [-0.2, 0) is 11.4 Å². The normalized spacial score (nSPS) is 10.7. The Labute approximate surface area is 174 Å². The third kappa shape index (κ3) is 6.33. The van der Waals surface area contributed by atoms with Gasteiger partial charge in [0.25, 0.3) is 5.91 Å². The predicted octanol–water partition coefficient (Wildman–Crippen LogP) is 5.77. The molecule has 0 saturated carbocycles. The molecule has 0 heterocycles. The number of amides is 1. The van der Waals surface area contributed by atoms with E-state index in [9.17, 15) is 9.59 Å². The number of anilines is 1. The lowest BCUT2D eigenvalue weighted by atomic mass is 10.1. The first-order valence-corrected chi connectivity index (χ1v) is 9.45. The van der Waals surface area contributed by atoms with Crippen LogP contribution in [0.25, 0.3) is 6.08 Å². The highest BCUT2D eigenvalue weighted by molar-refractivity contribution is 6.31. The summed E-state index contributed by atoms with van der Waals surface area (Å²) >= 11 is 5.94. The largest absolute Gasteiger partial charge is 0.489 e. The van der Waals surface area contributed by atoms with Gasteiger partial charge in [-0.1, -0.05) is 54.1 Å². The molecule has 0 saturated heterocycles. The van der Waals surface area contributed by atoms with E-state index in [0.29, 0.717) is 28.6 Å². The van der Waals surface area contributed by atoms with Crippen molar-refractivity contribution in [2.75, 3.05) is 5.32 Å². The van der Waals surface area contributed by atoms with E-state index in [-0.39, 0.29) is 11.7 Å². The van der Waals surface area contributed by atoms with Gasteiger partial charge in [0.2, 0.25) is 0 Å². The zero-order valence-corrected chi connectivity index (χ0v) is 16.6. The Morgan fingerprint density at radius 2 is 1.76 bits per heavy atom. The summed E-state index contributed by atoms with van der Waals surface area (Å²) in [6, 6.07) is 21.8. The maximum Gasteiger partial charge on any atom is 0.255 e. The fourth-order valence-electron chi connectivity index (χ4n) is 2.60. The van der Waals surface area contributed by atoms with Crippen LogP contribution in [0.1, 0.15) is 28.4 Å². The van der Waals surface area contributed by atoms with E-state index in [1.54, 1.807) is 42.5 Å². The van der Waals surface area contributed by atoms with Gasteiger partial charge in [-0.2, -0.15) is 0 Å². The first-order chi connectivity index (χ1) is 14.0. The molecule has 1 N–H and O–H groups in total. The molecule has 3 aromatic rings. The molecule has 3 aromatic carbocycles. The summed E-state index contributed by atoms with van der Waals surface area (Å²) < 4.78 is 5.83. The van der Waals surface area contributed by atoms with Crippen LogP contribution >= 0.6 is 11.6 Å². The van der Waals surface area contributed by atoms with E-state index in [0.717, 1.165) is 11.1 Å². The van der Waals surface area contributed by atoms with Crippen molar-refractivity contribution in [3.05, 3.63) is 101 Å². The summed E-state index contributed by atoms with van der Waals surface area (Å²) in [4.78, 5) is 23.3. The second-order valence-corrected chi connectivity index (χ2v) is 6.90. The molecule has 0 atom stereocenters. The molecule has 0 aromatic heterocycles. The van der Waals surface area contributed by atoms with E-state index in [2.05, 4.69) is 5.32 Å². The van der Waals surface area contributed by atoms with Crippen molar-refractivity contribution >= 4 is 35.1 Å². The van der Waals surface area contributed by atoms with Crippen LogP contribution in [0.5, 0.6) is 5.75 Å². The number of halogens is 1. The summed E-state index contributed by atoms with van der Waals surface area (Å²) in [5.41, 5.74) is 3.08. The SMILES string of the molecule is CC(=O)/C=C/c1ccc(COc2cccc(NC(=O)c3cccc(Cl)c3)c2)cc1. The molecule has 0 radical (unpaired) electrons. The smallest absolute Gasteiger partial charge is 0.255 e. The molecule has 1 amide bonds. The highest BCUT2D eigenvalue weighted by Crippen LogP contribution is 2.20. The molecule has 0 aliphatic carbocycles. The fraction of sp³-hybridized carbons (Fsp3) is 0.0833. The molecule has 29 heavy (non-hydrogen) atoms. The topological polar surface area (TPSA) is 55.4 Å². The van der Waals surface area contributed by atoms with E-state index < -0.39 is 0 Å². The number of rotatable bonds is 7. The van der Waals surface area contributed by atoms with Crippen molar-refractivity contribution in [1.29, 1.82) is 0 Å². The van der Waals surface area contributed by atoms with Gasteiger partial charge in [0.05, 0.1) is 0 Å². The first-order valence-electron chi connectivity index (χ1n) is 9.07. The van der Waals surface area contributed by atoms with Crippen molar-refractivity contribution in [2.45, 2.75) is 13.5 Å². The number of ether oxygens (including phenoxy) is 1. The second-order valence-electron chi connectivity index (χ2n) is 6.47. The fourth-order valence-corrected chi connectivity index (χ4v) is 2.79. The molecule has 3 rings (SSSR count). The number of carbonyl (C=O) groups excluding carboxylic acids is 2. The zero-order valence-electron chi connectivity index (χ0n) is 15.9. The highest BCUT2D eigenvalue weighted by atomic mass is 35.5. The number of carbonyl (C=O) groups is 2. The maximum absolute atomic E-state index is 12.3. The van der Waals surface area contributed by atoms with Crippen LogP contribution in [0, 0.1) is 0 Å². The molecule has 5 heteroatoms. The van der Waals surface area contributed by atoms with Crippen LogP contribution in [0.3, 0.4) is 0 Å². The van der Waals surface area contributed by atoms with Crippen LogP contribution in [0.15, 0.2) is 78.9 Å². The average Bonchev–Trinajstić information content (AvgIpc) is 2.72. The van der Waals surface area contributed by atoms with Gasteiger partial charge in [-0.25, -0.2) is 0 Å². The van der Waals surface area contributed by atoms with Gasteiger partial charge < -0.3 is 10.1 Å². The third-order valence-corrected chi connectivity index (χ3v) is 4.31. The van der Waals surface area contributed by atoms with Crippen molar-refractivity contribution in [1.82, 2.24) is 0 Å². The predicted molar refractivity (Wildman–Crippen MR) is 116 cm³/mol. The first kappa shape index (κ1) is 20.4. The minimum Gasteiger partial charge on any atom is -0.489 e. The zero-order chi connectivity index (χ0) is 20.6. The number of hydrogen-bond acceptors (Lipinski definition) is 3. The van der Waals surface area contributed by atoms with E-state index in [1.165, 1.54) is 13.0 Å². The molecule has 0 spiro atoms. The number of allylic oxidation sites excluding steroid dienone is 1. The molecule has 4 nitrogen and oxygen atoms in total. The van der Waals surface area contributed by atoms with Crippen molar-refractivity contribution in [3.8, 4) is 5.75 Å². The Bertz CT molecular complexity index is 1040. The number of hydrogen-bond donors (Lipinski definition) is 1. The Morgan fingerprint density at radius 1 is 1.00 bits per heavy atom. The summed E-state index contributed by atoms with van der Waals surface area (Å²) in [6.07, 6.45) is 3.31. The van der Waals surface area contributed by atoms with Crippen LogP contribution in [0.2, 0.25) is 5.02 Å². The third-order valence-electron chi connectivity index (χ3n) is 4.07. The summed E-state index contributed by atoms with van der Waals surface area (Å²) in [7, 11) is 0. The number of nitrogens with one attached hydrogen (secondary N) is 1. The minimum atomic E-state index is -0.237. The van der Waals surface area contributed by atoms with E-state index in [4.69, 9.17) is 16.3 Å². The standard InChI is InChI=1S/C24H20ClNO3/c1-17(27)8-9-18-10-12-19(13-11-18)16-29-23-7-3-6-22(15-23)26-24(28)20-4-2-5-21(25)14-20/h2-15H,16H2,1H3,(H,26,28)/b9-8+. The van der Waals surface area contributed by atoms with Crippen molar-refractivity contribution in [3.63, 3.8) is 0 Å². The second kappa shape index (κ2) is 9.71. The summed E-state index contributed by atoms with van der Waals surface area (Å²) in [6.45, 7) is 1.91. The lowest BCUT2D eigenvalue weighted by Crippen LogP contribution is -2.11.